The van der Waals surface area contributed by atoms with Gasteiger partial charge in [0.05, 0.1) is 5.41 Å². The van der Waals surface area contributed by atoms with Crippen molar-refractivity contribution in [3.63, 3.8) is 0 Å². The van der Waals surface area contributed by atoms with E-state index in [2.05, 4.69) is 141 Å². The Kier molecular flexibility index (Phi) is 7.36. The van der Waals surface area contributed by atoms with Crippen LogP contribution in [0.5, 0.6) is 0 Å². The average molecular weight is 580 g/mol. The number of allylic oxidation sites excluding steroid dienone is 5. The molecule has 45 heavy (non-hydrogen) atoms. The van der Waals surface area contributed by atoms with E-state index in [1.165, 1.54) is 33.4 Å². The molecule has 0 unspecified atom stereocenters. The molecule has 0 N–H and O–H groups in total. The van der Waals surface area contributed by atoms with Gasteiger partial charge in [-0.2, -0.15) is 0 Å². The van der Waals surface area contributed by atoms with Crippen molar-refractivity contribution in [2.75, 3.05) is 0 Å². The van der Waals surface area contributed by atoms with Crippen molar-refractivity contribution in [1.29, 1.82) is 0 Å². The summed E-state index contributed by atoms with van der Waals surface area (Å²) in [5, 5.41) is 0. The highest BCUT2D eigenvalue weighted by Crippen LogP contribution is 2.57. The molecular formula is C42H33N3. The van der Waals surface area contributed by atoms with Crippen LogP contribution in [0.25, 0.3) is 39.5 Å². The summed E-state index contributed by atoms with van der Waals surface area (Å²) < 4.78 is 0. The van der Waals surface area contributed by atoms with Gasteiger partial charge < -0.3 is 0 Å². The largest absolute Gasteiger partial charge is 0.208 e. The second kappa shape index (κ2) is 11.8. The molecule has 1 aromatic heterocycles. The predicted octanol–water partition coefficient (Wildman–Crippen LogP) is 10.0. The fourth-order valence-electron chi connectivity index (χ4n) is 6.57. The third-order valence-corrected chi connectivity index (χ3v) is 8.61. The molecule has 3 heteroatoms. The van der Waals surface area contributed by atoms with E-state index < -0.39 is 5.41 Å². The van der Waals surface area contributed by atoms with Gasteiger partial charge in [-0.3, -0.25) is 0 Å². The van der Waals surface area contributed by atoms with E-state index in [-0.39, 0.29) is 0 Å². The lowest BCUT2D eigenvalue weighted by atomic mass is 9.67. The smallest absolute Gasteiger partial charge is 0.164 e. The number of aromatic nitrogens is 3. The Balaban J connectivity index is 1.56. The van der Waals surface area contributed by atoms with Gasteiger partial charge >= 0.3 is 0 Å². The molecule has 1 heterocycles. The highest BCUT2D eigenvalue weighted by atomic mass is 15.0. The van der Waals surface area contributed by atoms with Crippen molar-refractivity contribution in [1.82, 2.24) is 15.0 Å². The topological polar surface area (TPSA) is 38.7 Å². The van der Waals surface area contributed by atoms with Crippen LogP contribution in [0.3, 0.4) is 0 Å². The summed E-state index contributed by atoms with van der Waals surface area (Å²) in [6, 6.07) is 45.3. The zero-order chi connectivity index (χ0) is 30.8. The molecule has 1 aliphatic rings. The standard InChI is InChI=1S/C42H33N3/c1-4-6-16-30(5-2)39-43-40(31-27-25-29(3)26-28-31)45-41(44-39)35-22-15-24-37-38(35)34-21-13-14-23-36(34)42(37,32-17-9-7-10-18-32)33-19-11-8-12-20-33/h4-28H,2H2,1,3H3/b6-4-,30-16+. The Morgan fingerprint density at radius 3 is 1.89 bits per heavy atom. The van der Waals surface area contributed by atoms with Crippen molar-refractivity contribution in [3.8, 4) is 33.9 Å². The summed E-state index contributed by atoms with van der Waals surface area (Å²) in [5.74, 6) is 1.85. The molecule has 0 saturated carbocycles. The number of hydrogen-bond donors (Lipinski definition) is 0. The number of hydrogen-bond acceptors (Lipinski definition) is 3. The average Bonchev–Trinajstić information content (AvgIpc) is 3.41. The fraction of sp³-hybridized carbons (Fsp3) is 0.0714. The maximum absolute atomic E-state index is 5.14. The quantitative estimate of drug-likeness (QED) is 0.176. The maximum atomic E-state index is 5.14. The van der Waals surface area contributed by atoms with E-state index in [0.717, 1.165) is 22.3 Å². The van der Waals surface area contributed by atoms with Crippen LogP contribution in [-0.2, 0) is 5.41 Å². The van der Waals surface area contributed by atoms with Crippen molar-refractivity contribution >= 4 is 5.57 Å². The minimum Gasteiger partial charge on any atom is -0.208 e. The molecule has 0 fully saturated rings. The van der Waals surface area contributed by atoms with Gasteiger partial charge in [0.1, 0.15) is 0 Å². The molecule has 216 valence electrons. The summed E-state index contributed by atoms with van der Waals surface area (Å²) in [6.07, 6.45) is 7.76. The second-order valence-corrected chi connectivity index (χ2v) is 11.3. The maximum Gasteiger partial charge on any atom is 0.164 e. The number of rotatable bonds is 7. The van der Waals surface area contributed by atoms with Crippen LogP contribution < -0.4 is 0 Å². The number of aryl methyl sites for hydroxylation is 1. The number of nitrogens with zero attached hydrogens (tertiary/aromatic N) is 3. The Hall–Kier alpha value is -5.67. The first-order chi connectivity index (χ1) is 22.1. The number of fused-ring (bicyclic) bond motifs is 3. The van der Waals surface area contributed by atoms with Crippen LogP contribution in [0, 0.1) is 6.92 Å². The van der Waals surface area contributed by atoms with Crippen LogP contribution in [-0.4, -0.2) is 15.0 Å². The minimum absolute atomic E-state index is 0.502. The third-order valence-electron chi connectivity index (χ3n) is 8.61. The van der Waals surface area contributed by atoms with E-state index in [1.807, 2.05) is 25.2 Å². The van der Waals surface area contributed by atoms with Crippen LogP contribution in [0.1, 0.15) is 40.6 Å². The molecule has 0 atom stereocenters. The highest BCUT2D eigenvalue weighted by Gasteiger charge is 2.46. The van der Waals surface area contributed by atoms with Gasteiger partial charge in [0.15, 0.2) is 17.5 Å². The SMILES string of the molecule is C=C/C(=C\C=C/C)c1nc(-c2ccc(C)cc2)nc(-c2cccc3c2-c2ccccc2C3(c2ccccc2)c2ccccc2)n1. The first kappa shape index (κ1) is 28.1. The van der Waals surface area contributed by atoms with Gasteiger partial charge in [-0.1, -0.05) is 164 Å². The molecule has 0 saturated heterocycles. The lowest BCUT2D eigenvalue weighted by molar-refractivity contribution is 0.768. The summed E-state index contributed by atoms with van der Waals surface area (Å²) in [5.41, 5.74) is 10.7. The minimum atomic E-state index is -0.502. The molecule has 3 nitrogen and oxygen atoms in total. The van der Waals surface area contributed by atoms with E-state index in [4.69, 9.17) is 15.0 Å². The molecule has 0 bridgehead atoms. The van der Waals surface area contributed by atoms with Crippen LogP contribution in [0.15, 0.2) is 158 Å². The monoisotopic (exact) mass is 579 g/mol. The summed E-state index contributed by atoms with van der Waals surface area (Å²) in [6.45, 7) is 8.15. The predicted molar refractivity (Wildman–Crippen MR) is 186 cm³/mol. The van der Waals surface area contributed by atoms with Gasteiger partial charge in [-0.15, -0.1) is 0 Å². The van der Waals surface area contributed by atoms with Crippen molar-refractivity contribution < 1.29 is 0 Å². The second-order valence-electron chi connectivity index (χ2n) is 11.3. The van der Waals surface area contributed by atoms with Crippen molar-refractivity contribution in [2.24, 2.45) is 0 Å². The van der Waals surface area contributed by atoms with Gasteiger partial charge in [0, 0.05) is 16.7 Å². The van der Waals surface area contributed by atoms with Crippen LogP contribution >= 0.6 is 0 Å². The Morgan fingerprint density at radius 2 is 1.22 bits per heavy atom. The number of benzene rings is 5. The van der Waals surface area contributed by atoms with Gasteiger partial charge in [0.2, 0.25) is 0 Å². The normalized spacial score (nSPS) is 13.4. The summed E-state index contributed by atoms with van der Waals surface area (Å²) in [4.78, 5) is 15.2. The molecule has 0 amide bonds. The van der Waals surface area contributed by atoms with Gasteiger partial charge in [0.25, 0.3) is 0 Å². The van der Waals surface area contributed by atoms with Crippen LogP contribution in [0.4, 0.5) is 0 Å². The Bertz CT molecular complexity index is 2030. The Labute approximate surface area is 265 Å². The zero-order valence-electron chi connectivity index (χ0n) is 25.5. The Morgan fingerprint density at radius 1 is 0.622 bits per heavy atom. The molecule has 0 radical (unpaired) electrons. The van der Waals surface area contributed by atoms with E-state index >= 15 is 0 Å². The van der Waals surface area contributed by atoms with Gasteiger partial charge in [-0.05, 0) is 47.2 Å². The molecule has 6 aromatic rings. The highest BCUT2D eigenvalue weighted by molar-refractivity contribution is 5.94. The molecule has 0 spiro atoms. The first-order valence-electron chi connectivity index (χ1n) is 15.3. The van der Waals surface area contributed by atoms with Crippen molar-refractivity contribution in [3.05, 3.63) is 192 Å². The van der Waals surface area contributed by atoms with E-state index in [1.54, 1.807) is 6.08 Å². The molecule has 5 aromatic carbocycles. The van der Waals surface area contributed by atoms with Crippen molar-refractivity contribution in [2.45, 2.75) is 19.3 Å². The summed E-state index contributed by atoms with van der Waals surface area (Å²) in [7, 11) is 0. The molecule has 0 aliphatic heterocycles. The molecular weight excluding hydrogens is 546 g/mol. The third kappa shape index (κ3) is 4.74. The molecule has 7 rings (SSSR count). The van der Waals surface area contributed by atoms with E-state index in [9.17, 15) is 0 Å². The van der Waals surface area contributed by atoms with Crippen LogP contribution in [0.2, 0.25) is 0 Å². The lowest BCUT2D eigenvalue weighted by Crippen LogP contribution is -2.28. The first-order valence-corrected chi connectivity index (χ1v) is 15.3. The lowest BCUT2D eigenvalue weighted by Gasteiger charge is -2.33. The van der Waals surface area contributed by atoms with Gasteiger partial charge in [-0.25, -0.2) is 15.0 Å². The molecule has 1 aliphatic carbocycles. The zero-order valence-corrected chi connectivity index (χ0v) is 25.5. The van der Waals surface area contributed by atoms with E-state index in [0.29, 0.717) is 17.5 Å². The fourth-order valence-corrected chi connectivity index (χ4v) is 6.57. The summed E-state index contributed by atoms with van der Waals surface area (Å²) >= 11 is 0.